The topological polar surface area (TPSA) is 72.9 Å². The number of hydrogen-bond acceptors (Lipinski definition) is 5. The van der Waals surface area contributed by atoms with Crippen LogP contribution in [0.15, 0.2) is 0 Å². The van der Waals surface area contributed by atoms with Gasteiger partial charge in [-0.2, -0.15) is 0 Å². The van der Waals surface area contributed by atoms with Crippen molar-refractivity contribution in [1.82, 2.24) is 4.90 Å². The standard InChI is InChI=1S/C12H19NO5/c1-8(14)17-12(5)7-6-9(15)13(12)10(16)18-11(2,3)4/h6-7H2,1-5H3/t12-/m1/s1. The molecule has 0 aromatic heterocycles. The second-order valence-corrected chi connectivity index (χ2v) is 5.48. The van der Waals surface area contributed by atoms with Gasteiger partial charge >= 0.3 is 12.1 Å². The highest BCUT2D eigenvalue weighted by atomic mass is 16.6. The quantitative estimate of drug-likeness (QED) is 0.670. The number of ether oxygens (including phenoxy) is 2. The van der Waals surface area contributed by atoms with Crippen molar-refractivity contribution < 1.29 is 23.9 Å². The van der Waals surface area contributed by atoms with Crippen molar-refractivity contribution in [3.05, 3.63) is 0 Å². The molecule has 1 fully saturated rings. The van der Waals surface area contributed by atoms with E-state index in [0.717, 1.165) is 4.90 Å². The molecule has 0 bridgehead atoms. The molecule has 0 saturated carbocycles. The summed E-state index contributed by atoms with van der Waals surface area (Å²) >= 11 is 0. The van der Waals surface area contributed by atoms with Crippen LogP contribution in [0.4, 0.5) is 4.79 Å². The lowest BCUT2D eigenvalue weighted by Crippen LogP contribution is -2.51. The summed E-state index contributed by atoms with van der Waals surface area (Å²) in [7, 11) is 0. The average molecular weight is 257 g/mol. The van der Waals surface area contributed by atoms with Gasteiger partial charge in [0, 0.05) is 19.8 Å². The van der Waals surface area contributed by atoms with Crippen molar-refractivity contribution in [1.29, 1.82) is 0 Å². The number of hydrogen-bond donors (Lipinski definition) is 0. The van der Waals surface area contributed by atoms with E-state index in [2.05, 4.69) is 0 Å². The van der Waals surface area contributed by atoms with E-state index in [1.807, 2.05) is 0 Å². The Balaban J connectivity index is 2.92. The van der Waals surface area contributed by atoms with Gasteiger partial charge in [-0.05, 0) is 27.7 Å². The van der Waals surface area contributed by atoms with Crippen molar-refractivity contribution in [2.75, 3.05) is 0 Å². The van der Waals surface area contributed by atoms with E-state index in [9.17, 15) is 14.4 Å². The number of carbonyl (C=O) groups excluding carboxylic acids is 3. The third-order valence-corrected chi connectivity index (χ3v) is 2.46. The van der Waals surface area contributed by atoms with E-state index in [0.29, 0.717) is 0 Å². The van der Waals surface area contributed by atoms with E-state index < -0.39 is 29.3 Å². The number of nitrogens with zero attached hydrogens (tertiary/aromatic N) is 1. The fraction of sp³-hybridized carbons (Fsp3) is 0.750. The highest BCUT2D eigenvalue weighted by Crippen LogP contribution is 2.32. The molecule has 1 heterocycles. The highest BCUT2D eigenvalue weighted by molar-refractivity contribution is 5.95. The molecule has 1 atom stereocenters. The second-order valence-electron chi connectivity index (χ2n) is 5.48. The average Bonchev–Trinajstić information content (AvgIpc) is 2.37. The zero-order chi connectivity index (χ0) is 14.1. The first-order chi connectivity index (χ1) is 8.05. The fourth-order valence-corrected chi connectivity index (χ4v) is 1.84. The third-order valence-electron chi connectivity index (χ3n) is 2.46. The number of likely N-dealkylation sites (tertiary alicyclic amines) is 1. The van der Waals surface area contributed by atoms with Crippen LogP contribution in [0.5, 0.6) is 0 Å². The molecule has 2 amide bonds. The van der Waals surface area contributed by atoms with E-state index in [-0.39, 0.29) is 12.8 Å². The van der Waals surface area contributed by atoms with Gasteiger partial charge in [0.05, 0.1) is 0 Å². The maximum Gasteiger partial charge on any atom is 0.420 e. The summed E-state index contributed by atoms with van der Waals surface area (Å²) in [5.74, 6) is -0.936. The van der Waals surface area contributed by atoms with E-state index >= 15 is 0 Å². The zero-order valence-electron chi connectivity index (χ0n) is 11.4. The van der Waals surface area contributed by atoms with Crippen LogP contribution in [-0.2, 0) is 19.1 Å². The van der Waals surface area contributed by atoms with Crippen LogP contribution >= 0.6 is 0 Å². The van der Waals surface area contributed by atoms with Gasteiger partial charge in [-0.1, -0.05) is 0 Å². The lowest BCUT2D eigenvalue weighted by atomic mass is 10.2. The van der Waals surface area contributed by atoms with Gasteiger partial charge in [0.2, 0.25) is 5.91 Å². The maximum absolute atomic E-state index is 12.0. The predicted octanol–water partition coefficient (Wildman–Crippen LogP) is 1.82. The Morgan fingerprint density at radius 1 is 1.33 bits per heavy atom. The van der Waals surface area contributed by atoms with Gasteiger partial charge in [0.1, 0.15) is 5.60 Å². The summed E-state index contributed by atoms with van der Waals surface area (Å²) in [6.07, 6.45) is -0.345. The molecule has 0 aromatic carbocycles. The summed E-state index contributed by atoms with van der Waals surface area (Å²) in [5, 5.41) is 0. The van der Waals surface area contributed by atoms with Crippen LogP contribution in [0.25, 0.3) is 0 Å². The van der Waals surface area contributed by atoms with Crippen molar-refractivity contribution in [2.24, 2.45) is 0 Å². The van der Waals surface area contributed by atoms with Crippen molar-refractivity contribution >= 4 is 18.0 Å². The molecule has 0 N–H and O–H groups in total. The Hall–Kier alpha value is -1.59. The maximum atomic E-state index is 12.0. The van der Waals surface area contributed by atoms with Crippen LogP contribution in [0.2, 0.25) is 0 Å². The first-order valence-electron chi connectivity index (χ1n) is 5.81. The van der Waals surface area contributed by atoms with Crippen molar-refractivity contribution in [3.8, 4) is 0 Å². The Labute approximate surface area is 106 Å². The molecule has 1 saturated heterocycles. The third kappa shape index (κ3) is 3.21. The van der Waals surface area contributed by atoms with Gasteiger partial charge in [-0.25, -0.2) is 9.69 Å². The number of imide groups is 1. The zero-order valence-corrected chi connectivity index (χ0v) is 11.4. The monoisotopic (exact) mass is 257 g/mol. The van der Waals surface area contributed by atoms with Crippen LogP contribution in [0.3, 0.4) is 0 Å². The molecule has 6 heteroatoms. The molecule has 0 radical (unpaired) electrons. The van der Waals surface area contributed by atoms with Crippen molar-refractivity contribution in [3.63, 3.8) is 0 Å². The molecule has 102 valence electrons. The van der Waals surface area contributed by atoms with E-state index in [4.69, 9.17) is 9.47 Å². The van der Waals surface area contributed by atoms with E-state index in [1.54, 1.807) is 20.8 Å². The number of amides is 2. The SMILES string of the molecule is CC(=O)O[C@]1(C)CCC(=O)N1C(=O)OC(C)(C)C. The molecular formula is C12H19NO5. The molecule has 1 aliphatic heterocycles. The Morgan fingerprint density at radius 3 is 2.33 bits per heavy atom. The predicted molar refractivity (Wildman–Crippen MR) is 62.5 cm³/mol. The summed E-state index contributed by atoms with van der Waals surface area (Å²) in [5.41, 5.74) is -1.96. The molecule has 0 unspecified atom stereocenters. The van der Waals surface area contributed by atoms with Crippen molar-refractivity contribution in [2.45, 2.75) is 58.8 Å². The minimum atomic E-state index is -1.24. The van der Waals surface area contributed by atoms with E-state index in [1.165, 1.54) is 13.8 Å². The highest BCUT2D eigenvalue weighted by Gasteiger charge is 2.49. The van der Waals surface area contributed by atoms with Gasteiger partial charge in [-0.3, -0.25) is 9.59 Å². The van der Waals surface area contributed by atoms with Gasteiger partial charge < -0.3 is 9.47 Å². The number of rotatable bonds is 1. The largest absolute Gasteiger partial charge is 0.443 e. The lowest BCUT2D eigenvalue weighted by molar-refractivity contribution is -0.172. The summed E-state index contributed by atoms with van der Waals surface area (Å²) in [6.45, 7) is 7.88. The minimum Gasteiger partial charge on any atom is -0.443 e. The molecule has 6 nitrogen and oxygen atoms in total. The Kier molecular flexibility index (Phi) is 3.69. The molecule has 0 spiro atoms. The summed E-state index contributed by atoms with van der Waals surface area (Å²) in [6, 6.07) is 0. The van der Waals surface area contributed by atoms with Gasteiger partial charge in [0.25, 0.3) is 0 Å². The van der Waals surface area contributed by atoms with Crippen LogP contribution < -0.4 is 0 Å². The number of carbonyl (C=O) groups is 3. The normalized spacial score (nSPS) is 24.1. The van der Waals surface area contributed by atoms with Gasteiger partial charge in [-0.15, -0.1) is 0 Å². The molecule has 0 aromatic rings. The fourth-order valence-electron chi connectivity index (χ4n) is 1.84. The Morgan fingerprint density at radius 2 is 1.89 bits per heavy atom. The molecular weight excluding hydrogens is 238 g/mol. The first kappa shape index (κ1) is 14.5. The first-order valence-corrected chi connectivity index (χ1v) is 5.81. The van der Waals surface area contributed by atoms with Crippen LogP contribution in [0.1, 0.15) is 47.5 Å². The summed E-state index contributed by atoms with van der Waals surface area (Å²) < 4.78 is 10.2. The molecule has 0 aliphatic carbocycles. The molecule has 1 aliphatic rings. The second kappa shape index (κ2) is 4.59. The molecule has 18 heavy (non-hydrogen) atoms. The number of esters is 1. The van der Waals surface area contributed by atoms with Crippen LogP contribution in [-0.4, -0.2) is 34.2 Å². The van der Waals surface area contributed by atoms with Crippen LogP contribution in [0, 0.1) is 0 Å². The Bertz CT molecular complexity index is 384. The molecule has 1 rings (SSSR count). The smallest absolute Gasteiger partial charge is 0.420 e. The lowest BCUT2D eigenvalue weighted by Gasteiger charge is -2.33. The van der Waals surface area contributed by atoms with Gasteiger partial charge in [0.15, 0.2) is 5.72 Å². The summed E-state index contributed by atoms with van der Waals surface area (Å²) in [4.78, 5) is 35.6. The minimum absolute atomic E-state index is 0.156.